The van der Waals surface area contributed by atoms with Gasteiger partial charge in [0.05, 0.1) is 17.9 Å². The molecule has 0 bridgehead atoms. The van der Waals surface area contributed by atoms with E-state index < -0.39 is 5.97 Å². The summed E-state index contributed by atoms with van der Waals surface area (Å²) in [6.45, 7) is 2.96. The van der Waals surface area contributed by atoms with Crippen LogP contribution in [0.2, 0.25) is 0 Å². The van der Waals surface area contributed by atoms with Crippen molar-refractivity contribution in [2.45, 2.75) is 84.0 Å². The molecule has 0 amide bonds. The van der Waals surface area contributed by atoms with Crippen molar-refractivity contribution in [1.29, 1.82) is 0 Å². The molecule has 208 valence electrons. The summed E-state index contributed by atoms with van der Waals surface area (Å²) < 4.78 is 11.3. The average Bonchev–Trinajstić information content (AvgIpc) is 2.96. The average molecular weight is 530 g/mol. The molecular weight excluding hydrogens is 486 g/mol. The Balaban J connectivity index is 1.29. The molecule has 0 saturated heterocycles. The first kappa shape index (κ1) is 29.9. The summed E-state index contributed by atoms with van der Waals surface area (Å²) in [5.41, 5.74) is 7.77. The van der Waals surface area contributed by atoms with E-state index in [0.717, 1.165) is 17.7 Å². The molecule has 3 rings (SSSR count). The second-order valence-electron chi connectivity index (χ2n) is 9.88. The van der Waals surface area contributed by atoms with Crippen LogP contribution in [0.4, 0.5) is 11.5 Å². The largest absolute Gasteiger partial charge is 0.494 e. The van der Waals surface area contributed by atoms with Gasteiger partial charge < -0.3 is 15.2 Å². The summed E-state index contributed by atoms with van der Waals surface area (Å²) in [6.07, 6.45) is 19.2. The molecule has 3 aromatic rings. The predicted molar refractivity (Wildman–Crippen MR) is 160 cm³/mol. The highest BCUT2D eigenvalue weighted by Gasteiger charge is 2.09. The molecule has 0 fully saturated rings. The van der Waals surface area contributed by atoms with E-state index in [9.17, 15) is 4.79 Å². The predicted octanol–water partition coefficient (Wildman–Crippen LogP) is 8.71. The number of aliphatic imine (C=N–C) groups is 1. The number of hydrogen-bond acceptors (Lipinski definition) is 6. The molecule has 0 atom stereocenters. The molecule has 39 heavy (non-hydrogen) atoms. The summed E-state index contributed by atoms with van der Waals surface area (Å²) in [5, 5.41) is 0. The number of aromatic nitrogens is 1. The van der Waals surface area contributed by atoms with Crippen molar-refractivity contribution < 1.29 is 14.3 Å². The lowest BCUT2D eigenvalue weighted by Gasteiger charge is -2.08. The molecule has 0 radical (unpaired) electrons. The Morgan fingerprint density at radius 2 is 1.38 bits per heavy atom. The Morgan fingerprint density at radius 3 is 2.00 bits per heavy atom. The van der Waals surface area contributed by atoms with E-state index in [1.54, 1.807) is 54.9 Å². The number of unbranched alkanes of at least 4 members (excludes halogenated alkanes) is 11. The van der Waals surface area contributed by atoms with Crippen molar-refractivity contribution in [3.8, 4) is 11.5 Å². The van der Waals surface area contributed by atoms with Gasteiger partial charge in [-0.05, 0) is 67.1 Å². The van der Waals surface area contributed by atoms with Gasteiger partial charge in [-0.15, -0.1) is 0 Å². The molecule has 0 saturated carbocycles. The number of esters is 1. The van der Waals surface area contributed by atoms with E-state index >= 15 is 0 Å². The van der Waals surface area contributed by atoms with Gasteiger partial charge in [-0.3, -0.25) is 4.99 Å². The molecule has 6 heteroatoms. The maximum atomic E-state index is 12.5. The van der Waals surface area contributed by atoms with Gasteiger partial charge in [0.25, 0.3) is 0 Å². The minimum atomic E-state index is -0.415. The van der Waals surface area contributed by atoms with E-state index in [1.165, 1.54) is 70.6 Å². The third-order valence-corrected chi connectivity index (χ3v) is 6.63. The smallest absolute Gasteiger partial charge is 0.343 e. The number of nitrogen functional groups attached to an aromatic ring is 1. The zero-order valence-corrected chi connectivity index (χ0v) is 23.3. The van der Waals surface area contributed by atoms with Crippen molar-refractivity contribution in [3.05, 3.63) is 78.0 Å². The van der Waals surface area contributed by atoms with Gasteiger partial charge in [-0.2, -0.15) is 0 Å². The van der Waals surface area contributed by atoms with E-state index in [2.05, 4.69) is 16.9 Å². The van der Waals surface area contributed by atoms with Crippen molar-refractivity contribution in [2.24, 2.45) is 4.99 Å². The number of ether oxygens (including phenoxy) is 2. The van der Waals surface area contributed by atoms with Crippen LogP contribution in [-0.2, 0) is 0 Å². The highest BCUT2D eigenvalue weighted by molar-refractivity contribution is 5.91. The van der Waals surface area contributed by atoms with Gasteiger partial charge in [-0.1, -0.05) is 77.6 Å². The topological polar surface area (TPSA) is 86.8 Å². The minimum Gasteiger partial charge on any atom is -0.494 e. The van der Waals surface area contributed by atoms with Crippen molar-refractivity contribution in [2.75, 3.05) is 12.3 Å². The van der Waals surface area contributed by atoms with Gasteiger partial charge in [0.15, 0.2) is 0 Å². The van der Waals surface area contributed by atoms with Crippen molar-refractivity contribution in [3.63, 3.8) is 0 Å². The number of pyridine rings is 1. The third-order valence-electron chi connectivity index (χ3n) is 6.63. The number of carbonyl (C=O) groups is 1. The number of rotatable bonds is 18. The third kappa shape index (κ3) is 11.7. The van der Waals surface area contributed by atoms with Gasteiger partial charge in [0.2, 0.25) is 0 Å². The van der Waals surface area contributed by atoms with Gasteiger partial charge in [-0.25, -0.2) is 9.78 Å². The Bertz CT molecular complexity index is 1130. The number of nitrogens with zero attached hydrogens (tertiary/aromatic N) is 2. The van der Waals surface area contributed by atoms with E-state index in [-0.39, 0.29) is 0 Å². The Labute approximate surface area is 233 Å². The fourth-order valence-electron chi connectivity index (χ4n) is 4.27. The monoisotopic (exact) mass is 529 g/mol. The van der Waals surface area contributed by atoms with Crippen LogP contribution in [0, 0.1) is 0 Å². The molecule has 2 N–H and O–H groups in total. The fourth-order valence-corrected chi connectivity index (χ4v) is 4.27. The molecule has 2 aromatic carbocycles. The maximum Gasteiger partial charge on any atom is 0.343 e. The van der Waals surface area contributed by atoms with E-state index in [0.29, 0.717) is 29.4 Å². The van der Waals surface area contributed by atoms with Crippen LogP contribution in [-0.4, -0.2) is 23.8 Å². The molecule has 1 heterocycles. The van der Waals surface area contributed by atoms with Gasteiger partial charge >= 0.3 is 5.97 Å². The van der Waals surface area contributed by atoms with Crippen molar-refractivity contribution in [1.82, 2.24) is 4.98 Å². The lowest BCUT2D eigenvalue weighted by Crippen LogP contribution is -2.08. The number of anilines is 1. The summed E-state index contributed by atoms with van der Waals surface area (Å²) >= 11 is 0. The zero-order valence-electron chi connectivity index (χ0n) is 23.3. The van der Waals surface area contributed by atoms with Crippen LogP contribution in [0.25, 0.3) is 0 Å². The molecular formula is C33H43N3O3. The molecule has 0 aliphatic rings. The number of benzene rings is 2. The van der Waals surface area contributed by atoms with E-state index in [1.807, 2.05) is 18.2 Å². The number of carbonyl (C=O) groups excluding carboxylic acids is 1. The van der Waals surface area contributed by atoms with Crippen LogP contribution in [0.3, 0.4) is 0 Å². The Hall–Kier alpha value is -3.67. The van der Waals surface area contributed by atoms with Crippen LogP contribution in [0.1, 0.15) is 99.9 Å². The van der Waals surface area contributed by atoms with Crippen LogP contribution < -0.4 is 15.2 Å². The Morgan fingerprint density at radius 1 is 0.795 bits per heavy atom. The number of hydrogen-bond donors (Lipinski definition) is 1. The first-order valence-electron chi connectivity index (χ1n) is 14.5. The van der Waals surface area contributed by atoms with Crippen LogP contribution >= 0.6 is 0 Å². The Kier molecular flexibility index (Phi) is 13.6. The summed E-state index contributed by atoms with van der Waals surface area (Å²) in [4.78, 5) is 21.0. The number of nitrogens with two attached hydrogens (primary N) is 1. The zero-order chi connectivity index (χ0) is 27.5. The second kappa shape index (κ2) is 17.8. The normalized spacial score (nSPS) is 11.1. The molecule has 0 aliphatic carbocycles. The lowest BCUT2D eigenvalue weighted by molar-refractivity contribution is 0.0734. The van der Waals surface area contributed by atoms with Gasteiger partial charge in [0.1, 0.15) is 17.3 Å². The quantitative estimate of drug-likeness (QED) is 0.0770. The maximum absolute atomic E-state index is 12.5. The SMILES string of the molecule is CCCCCCCCCCCCCCOc1ccc(C(=O)Oc2ccc(N=Cc3cccnc3N)cc2)cc1. The van der Waals surface area contributed by atoms with Gasteiger partial charge in [0, 0.05) is 18.0 Å². The minimum absolute atomic E-state index is 0.415. The van der Waals surface area contributed by atoms with Crippen LogP contribution in [0.5, 0.6) is 11.5 Å². The first-order valence-corrected chi connectivity index (χ1v) is 14.5. The van der Waals surface area contributed by atoms with Crippen LogP contribution in [0.15, 0.2) is 71.9 Å². The highest BCUT2D eigenvalue weighted by atomic mass is 16.5. The lowest BCUT2D eigenvalue weighted by atomic mass is 10.1. The molecule has 0 unspecified atom stereocenters. The molecule has 6 nitrogen and oxygen atoms in total. The summed E-state index contributed by atoms with van der Waals surface area (Å²) in [5.74, 6) is 1.23. The molecule has 0 aliphatic heterocycles. The molecule has 0 spiro atoms. The van der Waals surface area contributed by atoms with E-state index in [4.69, 9.17) is 15.2 Å². The molecule has 1 aromatic heterocycles. The highest BCUT2D eigenvalue weighted by Crippen LogP contribution is 2.21. The first-order chi connectivity index (χ1) is 19.2. The second-order valence-corrected chi connectivity index (χ2v) is 9.88. The summed E-state index contributed by atoms with van der Waals surface area (Å²) in [6, 6.07) is 17.7. The fraction of sp³-hybridized carbons (Fsp3) is 0.424. The summed E-state index contributed by atoms with van der Waals surface area (Å²) in [7, 11) is 0. The standard InChI is InChI=1S/C33H43N3O3/c1-2-3-4-5-6-7-8-9-10-11-12-13-25-38-30-20-16-27(17-21-30)33(37)39-31-22-18-29(19-23-31)36-26-28-15-14-24-35-32(28)34/h14-24,26H,2-13,25H2,1H3,(H2,34,35). The van der Waals surface area contributed by atoms with Crippen molar-refractivity contribution >= 4 is 23.7 Å².